The number of sulfonamides is 1. The molecular weight excluding hydrogens is 450 g/mol. The number of imidazole rings is 1. The van der Waals surface area contributed by atoms with E-state index < -0.39 is 21.9 Å². The van der Waals surface area contributed by atoms with Gasteiger partial charge in [-0.05, 0) is 54.8 Å². The Morgan fingerprint density at radius 3 is 2.15 bits per heavy atom. The Morgan fingerprint density at radius 1 is 1.03 bits per heavy atom. The fraction of sp³-hybridized carbons (Fsp3) is 0.304. The number of halogens is 2. The van der Waals surface area contributed by atoms with E-state index in [1.807, 2.05) is 7.05 Å². The van der Waals surface area contributed by atoms with Gasteiger partial charge in [0.15, 0.2) is 0 Å². The molecule has 0 radical (unpaired) electrons. The average Bonchev–Trinajstić information content (AvgIpc) is 3.24. The fourth-order valence-corrected chi connectivity index (χ4v) is 5.45. The van der Waals surface area contributed by atoms with Gasteiger partial charge in [-0.3, -0.25) is 4.79 Å². The molecule has 1 fully saturated rings. The van der Waals surface area contributed by atoms with E-state index >= 15 is 0 Å². The lowest BCUT2D eigenvalue weighted by atomic mass is 9.96. The molecule has 33 heavy (non-hydrogen) atoms. The first-order valence-electron chi connectivity index (χ1n) is 10.5. The monoisotopic (exact) mass is 474 g/mol. The molecule has 2 aromatic carbocycles. The molecular formula is C23H24F2N4O3S. The summed E-state index contributed by atoms with van der Waals surface area (Å²) in [5.74, 6) is -0.878. The van der Waals surface area contributed by atoms with Gasteiger partial charge in [-0.1, -0.05) is 12.1 Å². The highest BCUT2D eigenvalue weighted by molar-refractivity contribution is 7.89. The minimum absolute atomic E-state index is 0.0259. The Morgan fingerprint density at radius 2 is 1.61 bits per heavy atom. The lowest BCUT2D eigenvalue weighted by Gasteiger charge is -2.31. The van der Waals surface area contributed by atoms with Crippen molar-refractivity contribution < 1.29 is 22.0 Å². The van der Waals surface area contributed by atoms with E-state index in [0.717, 1.165) is 12.1 Å². The molecule has 1 aromatic heterocycles. The molecule has 1 N–H and O–H groups in total. The van der Waals surface area contributed by atoms with Gasteiger partial charge < -0.3 is 9.88 Å². The summed E-state index contributed by atoms with van der Waals surface area (Å²) >= 11 is 0. The highest BCUT2D eigenvalue weighted by Crippen LogP contribution is 2.26. The highest BCUT2D eigenvalue weighted by Gasteiger charge is 2.33. The summed E-state index contributed by atoms with van der Waals surface area (Å²) in [7, 11) is -1.94. The molecule has 1 unspecified atom stereocenters. The van der Waals surface area contributed by atoms with E-state index in [1.54, 1.807) is 29.1 Å². The minimum Gasteiger partial charge on any atom is -0.342 e. The first-order valence-corrected chi connectivity index (χ1v) is 12.0. The normalized spacial score (nSPS) is 16.5. The molecule has 7 nitrogen and oxygen atoms in total. The van der Waals surface area contributed by atoms with Gasteiger partial charge in [-0.2, -0.15) is 4.31 Å². The Labute approximate surface area is 191 Å². The van der Waals surface area contributed by atoms with E-state index in [1.165, 1.54) is 28.6 Å². The molecule has 1 atom stereocenters. The van der Waals surface area contributed by atoms with Gasteiger partial charge in [-0.25, -0.2) is 22.2 Å². The summed E-state index contributed by atoms with van der Waals surface area (Å²) in [4.78, 5) is 17.5. The maximum absolute atomic E-state index is 13.4. The summed E-state index contributed by atoms with van der Waals surface area (Å²) in [6, 6.07) is 10.00. The molecule has 1 amide bonds. The quantitative estimate of drug-likeness (QED) is 0.595. The van der Waals surface area contributed by atoms with Crippen molar-refractivity contribution in [2.45, 2.75) is 23.8 Å². The molecule has 3 aromatic rings. The SMILES string of the molecule is Cn1ccnc1C(NC(=O)C1CCN(S(=O)(=O)c2ccc(F)cc2)CC1)c1ccc(F)cc1. The van der Waals surface area contributed by atoms with Crippen LogP contribution in [-0.2, 0) is 21.9 Å². The number of piperidine rings is 1. The van der Waals surface area contributed by atoms with Crippen molar-refractivity contribution >= 4 is 15.9 Å². The zero-order chi connectivity index (χ0) is 23.6. The van der Waals surface area contributed by atoms with Gasteiger partial charge in [-0.15, -0.1) is 0 Å². The number of nitrogens with zero attached hydrogens (tertiary/aromatic N) is 3. The number of carbonyl (C=O) groups excluding carboxylic acids is 1. The van der Waals surface area contributed by atoms with Crippen molar-refractivity contribution in [3.05, 3.63) is 83.9 Å². The molecule has 1 aliphatic rings. The number of carbonyl (C=O) groups is 1. The standard InChI is InChI=1S/C23H24F2N4O3S/c1-28-15-12-26-22(28)21(16-2-4-18(24)5-3-16)27-23(30)17-10-13-29(14-11-17)33(31,32)20-8-6-19(25)7-9-20/h2-9,12,15,17,21H,10-11,13-14H2,1H3,(H,27,30). The van der Waals surface area contributed by atoms with Gasteiger partial charge in [0.2, 0.25) is 15.9 Å². The molecule has 0 saturated carbocycles. The van der Waals surface area contributed by atoms with Gasteiger partial charge in [0.05, 0.1) is 4.90 Å². The van der Waals surface area contributed by atoms with Crippen LogP contribution in [0.1, 0.15) is 30.3 Å². The van der Waals surface area contributed by atoms with E-state index in [2.05, 4.69) is 10.3 Å². The number of hydrogen-bond donors (Lipinski definition) is 1. The Bertz CT molecular complexity index is 1220. The van der Waals surface area contributed by atoms with Gasteiger partial charge in [0.1, 0.15) is 23.5 Å². The van der Waals surface area contributed by atoms with Gasteiger partial charge >= 0.3 is 0 Å². The minimum atomic E-state index is -3.75. The summed E-state index contributed by atoms with van der Waals surface area (Å²) < 4.78 is 55.3. The fourth-order valence-electron chi connectivity index (χ4n) is 3.98. The molecule has 1 saturated heterocycles. The van der Waals surface area contributed by atoms with Crippen LogP contribution >= 0.6 is 0 Å². The van der Waals surface area contributed by atoms with Crippen molar-refractivity contribution in [3.63, 3.8) is 0 Å². The van der Waals surface area contributed by atoms with Crippen LogP contribution < -0.4 is 5.32 Å². The smallest absolute Gasteiger partial charge is 0.243 e. The van der Waals surface area contributed by atoms with E-state index in [-0.39, 0.29) is 35.6 Å². The van der Waals surface area contributed by atoms with Crippen molar-refractivity contribution in [3.8, 4) is 0 Å². The number of nitrogens with one attached hydrogen (secondary N) is 1. The van der Waals surface area contributed by atoms with Crippen LogP contribution in [0.4, 0.5) is 8.78 Å². The van der Waals surface area contributed by atoms with Crippen molar-refractivity contribution in [1.82, 2.24) is 19.2 Å². The third-order valence-corrected chi connectivity index (χ3v) is 7.80. The van der Waals surface area contributed by atoms with Crippen LogP contribution in [0.25, 0.3) is 0 Å². The third kappa shape index (κ3) is 4.96. The molecule has 0 spiro atoms. The zero-order valence-corrected chi connectivity index (χ0v) is 18.8. The predicted molar refractivity (Wildman–Crippen MR) is 117 cm³/mol. The molecule has 174 valence electrons. The van der Waals surface area contributed by atoms with Crippen molar-refractivity contribution in [2.24, 2.45) is 13.0 Å². The second kappa shape index (κ2) is 9.40. The van der Waals surface area contributed by atoms with Gasteiger partial charge in [0.25, 0.3) is 0 Å². The molecule has 4 rings (SSSR count). The van der Waals surface area contributed by atoms with Crippen LogP contribution in [0.2, 0.25) is 0 Å². The number of aryl methyl sites for hydroxylation is 1. The molecule has 2 heterocycles. The van der Waals surface area contributed by atoms with Crippen LogP contribution in [0, 0.1) is 17.6 Å². The van der Waals surface area contributed by atoms with Crippen LogP contribution in [0.5, 0.6) is 0 Å². The first kappa shape index (κ1) is 23.1. The number of rotatable bonds is 6. The lowest BCUT2D eigenvalue weighted by molar-refractivity contribution is -0.126. The molecule has 10 heteroatoms. The maximum atomic E-state index is 13.4. The van der Waals surface area contributed by atoms with Crippen molar-refractivity contribution in [2.75, 3.05) is 13.1 Å². The zero-order valence-electron chi connectivity index (χ0n) is 18.0. The van der Waals surface area contributed by atoms with Crippen molar-refractivity contribution in [1.29, 1.82) is 0 Å². The van der Waals surface area contributed by atoms with Crippen LogP contribution in [0.3, 0.4) is 0 Å². The summed E-state index contributed by atoms with van der Waals surface area (Å²) in [5.41, 5.74) is 0.690. The summed E-state index contributed by atoms with van der Waals surface area (Å²) in [6.07, 6.45) is 4.08. The second-order valence-corrected chi connectivity index (χ2v) is 9.96. The topological polar surface area (TPSA) is 84.3 Å². The summed E-state index contributed by atoms with van der Waals surface area (Å²) in [5, 5.41) is 3.00. The largest absolute Gasteiger partial charge is 0.342 e. The number of aromatic nitrogens is 2. The Hall–Kier alpha value is -3.11. The Balaban J connectivity index is 1.45. The second-order valence-electron chi connectivity index (χ2n) is 8.02. The van der Waals surface area contributed by atoms with E-state index in [9.17, 15) is 22.0 Å². The first-order chi connectivity index (χ1) is 15.8. The highest BCUT2D eigenvalue weighted by atomic mass is 32.2. The maximum Gasteiger partial charge on any atom is 0.243 e. The van der Waals surface area contributed by atoms with Gasteiger partial charge in [0, 0.05) is 38.4 Å². The van der Waals surface area contributed by atoms with E-state index in [0.29, 0.717) is 24.2 Å². The van der Waals surface area contributed by atoms with Crippen LogP contribution in [-0.4, -0.2) is 41.3 Å². The Kier molecular flexibility index (Phi) is 6.57. The van der Waals surface area contributed by atoms with E-state index in [4.69, 9.17) is 0 Å². The number of benzene rings is 2. The third-order valence-electron chi connectivity index (χ3n) is 5.88. The summed E-state index contributed by atoms with van der Waals surface area (Å²) in [6.45, 7) is 0.364. The number of amides is 1. The molecule has 0 aliphatic carbocycles. The lowest BCUT2D eigenvalue weighted by Crippen LogP contribution is -2.44. The van der Waals surface area contributed by atoms with Crippen LogP contribution in [0.15, 0.2) is 65.8 Å². The molecule has 0 bridgehead atoms. The number of hydrogen-bond acceptors (Lipinski definition) is 4. The predicted octanol–water partition coefficient (Wildman–Crippen LogP) is 3.00. The average molecular weight is 475 g/mol. The molecule has 1 aliphatic heterocycles.